The van der Waals surface area contributed by atoms with Gasteiger partial charge in [0.15, 0.2) is 0 Å². The molecule has 3 aromatic rings. The summed E-state index contributed by atoms with van der Waals surface area (Å²) in [6.07, 6.45) is 0. The minimum absolute atomic E-state index is 0.0925. The molecule has 2 aromatic heterocycles. The van der Waals surface area contributed by atoms with Crippen LogP contribution >= 0.6 is 11.8 Å². The standard InChI is InChI=1S/C15H19N9S/c1-9(2)24-15(21-22-23-24)25-10(3)12-18-13(16)20-14(19-12)17-11-7-5-4-6-8-11/h4-10H,1-3H3,(H3,16,17,18,19,20)/t10-/m0/s1. The molecule has 3 N–H and O–H groups in total. The Kier molecular flexibility index (Phi) is 5.08. The fourth-order valence-electron chi connectivity index (χ4n) is 2.10. The number of tetrazole rings is 1. The lowest BCUT2D eigenvalue weighted by atomic mass is 10.3. The Morgan fingerprint density at radius 3 is 2.56 bits per heavy atom. The van der Waals surface area contributed by atoms with Gasteiger partial charge in [-0.05, 0) is 43.3 Å². The lowest BCUT2D eigenvalue weighted by molar-refractivity contribution is 0.476. The molecule has 1 atom stereocenters. The van der Waals surface area contributed by atoms with Crippen molar-refractivity contribution in [1.82, 2.24) is 35.2 Å². The van der Waals surface area contributed by atoms with Crippen LogP contribution in [0.3, 0.4) is 0 Å². The minimum atomic E-state index is -0.0925. The molecule has 0 amide bonds. The van der Waals surface area contributed by atoms with E-state index in [9.17, 15) is 0 Å². The first-order valence-corrected chi connectivity index (χ1v) is 8.69. The van der Waals surface area contributed by atoms with Crippen molar-refractivity contribution in [3.8, 4) is 0 Å². The van der Waals surface area contributed by atoms with Gasteiger partial charge in [0.1, 0.15) is 5.82 Å². The van der Waals surface area contributed by atoms with E-state index < -0.39 is 0 Å². The maximum Gasteiger partial charge on any atom is 0.232 e. The Morgan fingerprint density at radius 2 is 1.84 bits per heavy atom. The Hall–Kier alpha value is -2.75. The Labute approximate surface area is 149 Å². The summed E-state index contributed by atoms with van der Waals surface area (Å²) in [5.74, 6) is 1.14. The minimum Gasteiger partial charge on any atom is -0.368 e. The third-order valence-corrected chi connectivity index (χ3v) is 4.34. The number of hydrogen-bond donors (Lipinski definition) is 2. The predicted octanol–water partition coefficient (Wildman–Crippen LogP) is 2.62. The van der Waals surface area contributed by atoms with Crippen molar-refractivity contribution in [3.63, 3.8) is 0 Å². The van der Waals surface area contributed by atoms with Crippen LogP contribution in [0.2, 0.25) is 0 Å². The number of para-hydroxylation sites is 1. The van der Waals surface area contributed by atoms with Gasteiger partial charge in [-0.3, -0.25) is 0 Å². The van der Waals surface area contributed by atoms with Crippen molar-refractivity contribution >= 4 is 29.3 Å². The zero-order chi connectivity index (χ0) is 17.8. The molecule has 1 aromatic carbocycles. The van der Waals surface area contributed by atoms with Gasteiger partial charge in [-0.2, -0.15) is 15.0 Å². The summed E-state index contributed by atoms with van der Waals surface area (Å²) in [6, 6.07) is 9.82. The lowest BCUT2D eigenvalue weighted by Crippen LogP contribution is -2.09. The summed E-state index contributed by atoms with van der Waals surface area (Å²) in [5.41, 5.74) is 6.72. The first-order valence-electron chi connectivity index (χ1n) is 7.81. The fraction of sp³-hybridized carbons (Fsp3) is 0.333. The molecule has 0 saturated heterocycles. The van der Waals surface area contributed by atoms with E-state index in [1.165, 1.54) is 11.8 Å². The number of thioether (sulfide) groups is 1. The van der Waals surface area contributed by atoms with Crippen LogP contribution in [0.25, 0.3) is 0 Å². The van der Waals surface area contributed by atoms with Crippen LogP contribution in [-0.2, 0) is 0 Å². The normalized spacial score (nSPS) is 12.3. The molecule has 10 heteroatoms. The Balaban J connectivity index is 1.80. The number of rotatable bonds is 6. The van der Waals surface area contributed by atoms with Gasteiger partial charge in [-0.15, -0.1) is 5.10 Å². The van der Waals surface area contributed by atoms with Crippen molar-refractivity contribution < 1.29 is 0 Å². The molecule has 130 valence electrons. The molecule has 0 aliphatic carbocycles. The van der Waals surface area contributed by atoms with Gasteiger partial charge in [0.05, 0.1) is 11.3 Å². The van der Waals surface area contributed by atoms with E-state index in [0.29, 0.717) is 16.9 Å². The average molecular weight is 357 g/mol. The maximum atomic E-state index is 5.85. The highest BCUT2D eigenvalue weighted by Crippen LogP contribution is 2.32. The number of anilines is 3. The second-order valence-corrected chi connectivity index (χ2v) is 6.93. The predicted molar refractivity (Wildman–Crippen MR) is 96.4 cm³/mol. The molecule has 9 nitrogen and oxygen atoms in total. The summed E-state index contributed by atoms with van der Waals surface area (Å²) in [7, 11) is 0. The molecule has 0 unspecified atom stereocenters. The molecule has 0 fully saturated rings. The highest BCUT2D eigenvalue weighted by molar-refractivity contribution is 7.99. The molecule has 25 heavy (non-hydrogen) atoms. The van der Waals surface area contributed by atoms with E-state index in [-0.39, 0.29) is 17.2 Å². The van der Waals surface area contributed by atoms with Gasteiger partial charge in [-0.25, -0.2) is 4.68 Å². The van der Waals surface area contributed by atoms with Crippen LogP contribution < -0.4 is 11.1 Å². The number of nitrogen functional groups attached to an aromatic ring is 1. The summed E-state index contributed by atoms with van der Waals surface area (Å²) >= 11 is 1.47. The molecule has 2 heterocycles. The third kappa shape index (κ3) is 4.21. The second-order valence-electron chi connectivity index (χ2n) is 5.63. The van der Waals surface area contributed by atoms with Crippen molar-refractivity contribution in [3.05, 3.63) is 36.2 Å². The zero-order valence-corrected chi connectivity index (χ0v) is 15.0. The van der Waals surface area contributed by atoms with E-state index in [1.54, 1.807) is 4.68 Å². The number of nitrogens with zero attached hydrogens (tertiary/aromatic N) is 7. The summed E-state index contributed by atoms with van der Waals surface area (Å²) < 4.78 is 1.76. The quantitative estimate of drug-likeness (QED) is 0.641. The van der Waals surface area contributed by atoms with Crippen molar-refractivity contribution in [2.24, 2.45) is 0 Å². The summed E-state index contributed by atoms with van der Waals surface area (Å²) in [4.78, 5) is 12.9. The topological polar surface area (TPSA) is 120 Å². The molecule has 0 aliphatic rings. The van der Waals surface area contributed by atoms with E-state index in [1.807, 2.05) is 51.1 Å². The Morgan fingerprint density at radius 1 is 1.08 bits per heavy atom. The highest BCUT2D eigenvalue weighted by Gasteiger charge is 2.18. The molecule has 0 radical (unpaired) electrons. The van der Waals surface area contributed by atoms with Crippen molar-refractivity contribution in [1.29, 1.82) is 0 Å². The number of hydrogen-bond acceptors (Lipinski definition) is 9. The van der Waals surface area contributed by atoms with Gasteiger partial charge in [0, 0.05) is 5.69 Å². The van der Waals surface area contributed by atoms with E-state index in [4.69, 9.17) is 5.73 Å². The van der Waals surface area contributed by atoms with Crippen molar-refractivity contribution in [2.75, 3.05) is 11.1 Å². The smallest absolute Gasteiger partial charge is 0.232 e. The number of nitrogens with one attached hydrogen (secondary N) is 1. The van der Waals surface area contributed by atoms with Crippen LogP contribution in [0.5, 0.6) is 0 Å². The van der Waals surface area contributed by atoms with Gasteiger partial charge >= 0.3 is 0 Å². The molecule has 0 aliphatic heterocycles. The fourth-order valence-corrected chi connectivity index (χ4v) is 3.06. The first-order chi connectivity index (χ1) is 12.0. The summed E-state index contributed by atoms with van der Waals surface area (Å²) in [6.45, 7) is 6.02. The molecular weight excluding hydrogens is 338 g/mol. The molecule has 3 rings (SSSR count). The number of nitrogens with two attached hydrogens (primary N) is 1. The Bertz CT molecular complexity index is 834. The second kappa shape index (κ2) is 7.43. The van der Waals surface area contributed by atoms with Crippen LogP contribution in [0.1, 0.15) is 37.9 Å². The van der Waals surface area contributed by atoms with Crippen LogP contribution in [-0.4, -0.2) is 35.2 Å². The molecule has 0 spiro atoms. The monoisotopic (exact) mass is 357 g/mol. The third-order valence-electron chi connectivity index (χ3n) is 3.30. The zero-order valence-electron chi connectivity index (χ0n) is 14.2. The SMILES string of the molecule is CC(C)n1nnnc1S[C@@H](C)c1nc(N)nc(Nc2ccccc2)n1. The first kappa shape index (κ1) is 17.1. The number of aromatic nitrogens is 7. The molecule has 0 bridgehead atoms. The largest absolute Gasteiger partial charge is 0.368 e. The summed E-state index contributed by atoms with van der Waals surface area (Å²) in [5, 5.41) is 15.5. The van der Waals surface area contributed by atoms with Gasteiger partial charge in [0.2, 0.25) is 17.1 Å². The van der Waals surface area contributed by atoms with Gasteiger partial charge < -0.3 is 11.1 Å². The van der Waals surface area contributed by atoms with E-state index in [2.05, 4.69) is 35.8 Å². The van der Waals surface area contributed by atoms with Gasteiger partial charge in [-0.1, -0.05) is 30.0 Å². The van der Waals surface area contributed by atoms with Crippen LogP contribution in [0, 0.1) is 0 Å². The number of benzene rings is 1. The average Bonchev–Trinajstić information content (AvgIpc) is 3.03. The van der Waals surface area contributed by atoms with Crippen LogP contribution in [0.4, 0.5) is 17.6 Å². The van der Waals surface area contributed by atoms with E-state index in [0.717, 1.165) is 5.69 Å². The lowest BCUT2D eigenvalue weighted by Gasteiger charge is -2.13. The molecule has 0 saturated carbocycles. The van der Waals surface area contributed by atoms with E-state index >= 15 is 0 Å². The van der Waals surface area contributed by atoms with Gasteiger partial charge in [0.25, 0.3) is 0 Å². The highest BCUT2D eigenvalue weighted by atomic mass is 32.2. The van der Waals surface area contributed by atoms with Crippen molar-refractivity contribution in [2.45, 2.75) is 37.2 Å². The molecular formula is C15H19N9S. The maximum absolute atomic E-state index is 5.85. The van der Waals surface area contributed by atoms with Crippen LogP contribution in [0.15, 0.2) is 35.5 Å².